The highest BCUT2D eigenvalue weighted by atomic mass is 32.2. The van der Waals surface area contributed by atoms with Gasteiger partial charge in [0, 0.05) is 11.8 Å². The topological polar surface area (TPSA) is 12.0 Å². The first-order chi connectivity index (χ1) is 6.79. The molecule has 0 saturated carbocycles. The van der Waals surface area contributed by atoms with E-state index in [2.05, 4.69) is 43.4 Å². The van der Waals surface area contributed by atoms with E-state index in [0.29, 0.717) is 11.4 Å². The standard InChI is InChI=1S/C12H17NS/c1-3-11-8-14-12(13-11)10-6-4-9(2)5-7-10/h4-7,11-13H,3,8H2,1-2H3. The van der Waals surface area contributed by atoms with Gasteiger partial charge in [0.1, 0.15) is 0 Å². The third kappa shape index (κ3) is 2.12. The SMILES string of the molecule is CCC1CSC(c2ccc(C)cc2)N1. The Bertz CT molecular complexity index is 294. The molecule has 1 aliphatic heterocycles. The van der Waals surface area contributed by atoms with Gasteiger partial charge in [-0.25, -0.2) is 0 Å². The van der Waals surface area contributed by atoms with Crippen molar-refractivity contribution in [3.8, 4) is 0 Å². The van der Waals surface area contributed by atoms with Gasteiger partial charge in [-0.2, -0.15) is 0 Å². The van der Waals surface area contributed by atoms with Crippen LogP contribution in [0.15, 0.2) is 24.3 Å². The van der Waals surface area contributed by atoms with Gasteiger partial charge in [0.2, 0.25) is 0 Å². The van der Waals surface area contributed by atoms with Crippen LogP contribution in [0.2, 0.25) is 0 Å². The van der Waals surface area contributed by atoms with Crippen molar-refractivity contribution in [2.75, 3.05) is 5.75 Å². The minimum atomic E-state index is 0.514. The molecule has 0 radical (unpaired) electrons. The first kappa shape index (κ1) is 10.1. The van der Waals surface area contributed by atoms with E-state index in [-0.39, 0.29) is 0 Å². The lowest BCUT2D eigenvalue weighted by molar-refractivity contribution is 0.561. The minimum absolute atomic E-state index is 0.514. The number of aryl methyl sites for hydroxylation is 1. The summed E-state index contributed by atoms with van der Waals surface area (Å²) in [7, 11) is 0. The Kier molecular flexibility index (Phi) is 3.14. The average Bonchev–Trinajstić information content (AvgIpc) is 2.67. The van der Waals surface area contributed by atoms with Crippen LogP contribution < -0.4 is 5.32 Å². The molecule has 1 aliphatic rings. The number of rotatable bonds is 2. The Balaban J connectivity index is 2.06. The van der Waals surface area contributed by atoms with E-state index in [1.54, 1.807) is 0 Å². The normalized spacial score (nSPS) is 26.7. The van der Waals surface area contributed by atoms with E-state index in [1.807, 2.05) is 11.8 Å². The maximum atomic E-state index is 3.64. The molecular formula is C12H17NS. The van der Waals surface area contributed by atoms with Crippen LogP contribution in [0.25, 0.3) is 0 Å². The third-order valence-corrected chi connectivity index (χ3v) is 4.06. The van der Waals surface area contributed by atoms with Crippen LogP contribution in [0.1, 0.15) is 29.8 Å². The second-order valence-electron chi connectivity index (χ2n) is 3.90. The Labute approximate surface area is 90.3 Å². The van der Waals surface area contributed by atoms with Crippen LogP contribution >= 0.6 is 11.8 Å². The van der Waals surface area contributed by atoms with Crippen LogP contribution in [0.3, 0.4) is 0 Å². The van der Waals surface area contributed by atoms with E-state index >= 15 is 0 Å². The fourth-order valence-electron chi connectivity index (χ4n) is 1.69. The molecule has 1 saturated heterocycles. The van der Waals surface area contributed by atoms with Crippen molar-refractivity contribution in [3.63, 3.8) is 0 Å². The largest absolute Gasteiger partial charge is 0.298 e. The van der Waals surface area contributed by atoms with E-state index < -0.39 is 0 Å². The average molecular weight is 207 g/mol. The van der Waals surface area contributed by atoms with Crippen molar-refractivity contribution >= 4 is 11.8 Å². The summed E-state index contributed by atoms with van der Waals surface area (Å²) in [6.45, 7) is 4.38. The molecule has 0 amide bonds. The van der Waals surface area contributed by atoms with E-state index in [4.69, 9.17) is 0 Å². The molecule has 2 rings (SSSR count). The second-order valence-corrected chi connectivity index (χ2v) is 5.03. The Hall–Kier alpha value is -0.470. The number of thioether (sulfide) groups is 1. The van der Waals surface area contributed by atoms with Gasteiger partial charge in [0.25, 0.3) is 0 Å². The highest BCUT2D eigenvalue weighted by Crippen LogP contribution is 2.33. The number of hydrogen-bond acceptors (Lipinski definition) is 2. The molecule has 0 spiro atoms. The van der Waals surface area contributed by atoms with Gasteiger partial charge in [-0.3, -0.25) is 5.32 Å². The van der Waals surface area contributed by atoms with Crippen molar-refractivity contribution in [1.29, 1.82) is 0 Å². The zero-order valence-electron chi connectivity index (χ0n) is 8.79. The van der Waals surface area contributed by atoms with Gasteiger partial charge in [-0.05, 0) is 18.9 Å². The summed E-state index contributed by atoms with van der Waals surface area (Å²) >= 11 is 2.02. The molecule has 14 heavy (non-hydrogen) atoms. The van der Waals surface area contributed by atoms with Crippen LogP contribution in [0.5, 0.6) is 0 Å². The van der Waals surface area contributed by atoms with Gasteiger partial charge < -0.3 is 0 Å². The summed E-state index contributed by atoms with van der Waals surface area (Å²) < 4.78 is 0. The van der Waals surface area contributed by atoms with Crippen molar-refractivity contribution in [2.45, 2.75) is 31.7 Å². The lowest BCUT2D eigenvalue weighted by Crippen LogP contribution is -2.24. The Morgan fingerprint density at radius 3 is 2.64 bits per heavy atom. The smallest absolute Gasteiger partial charge is 0.0792 e. The lowest BCUT2D eigenvalue weighted by atomic mass is 10.1. The van der Waals surface area contributed by atoms with Crippen LogP contribution in [0.4, 0.5) is 0 Å². The highest BCUT2D eigenvalue weighted by Gasteiger charge is 2.23. The van der Waals surface area contributed by atoms with E-state index in [0.717, 1.165) is 0 Å². The molecule has 1 heterocycles. The number of hydrogen-bond donors (Lipinski definition) is 1. The molecule has 76 valence electrons. The van der Waals surface area contributed by atoms with Gasteiger partial charge >= 0.3 is 0 Å². The molecule has 1 aromatic carbocycles. The highest BCUT2D eigenvalue weighted by molar-refractivity contribution is 7.99. The van der Waals surface area contributed by atoms with Crippen LogP contribution in [0, 0.1) is 6.92 Å². The Morgan fingerprint density at radius 2 is 2.07 bits per heavy atom. The Morgan fingerprint density at radius 1 is 1.36 bits per heavy atom. The zero-order valence-corrected chi connectivity index (χ0v) is 9.60. The van der Waals surface area contributed by atoms with E-state index in [9.17, 15) is 0 Å². The summed E-state index contributed by atoms with van der Waals surface area (Å²) in [6, 6.07) is 9.55. The van der Waals surface area contributed by atoms with E-state index in [1.165, 1.54) is 23.3 Å². The van der Waals surface area contributed by atoms with Crippen molar-refractivity contribution < 1.29 is 0 Å². The van der Waals surface area contributed by atoms with Gasteiger partial charge in [-0.1, -0.05) is 36.8 Å². The summed E-state index contributed by atoms with van der Waals surface area (Å²) in [6.07, 6.45) is 1.23. The molecule has 0 bridgehead atoms. The predicted octanol–water partition coefficient (Wildman–Crippen LogP) is 3.11. The maximum Gasteiger partial charge on any atom is 0.0792 e. The molecule has 1 fully saturated rings. The minimum Gasteiger partial charge on any atom is -0.298 e. The number of nitrogens with one attached hydrogen (secondary N) is 1. The van der Waals surface area contributed by atoms with Gasteiger partial charge in [0.15, 0.2) is 0 Å². The first-order valence-corrected chi connectivity index (χ1v) is 6.28. The molecule has 1 aromatic rings. The summed E-state index contributed by atoms with van der Waals surface area (Å²) in [5.41, 5.74) is 2.75. The zero-order chi connectivity index (χ0) is 9.97. The molecule has 2 heteroatoms. The maximum absolute atomic E-state index is 3.64. The number of benzene rings is 1. The van der Waals surface area contributed by atoms with Gasteiger partial charge in [-0.15, -0.1) is 11.8 Å². The van der Waals surface area contributed by atoms with Crippen LogP contribution in [-0.4, -0.2) is 11.8 Å². The molecule has 0 aromatic heterocycles. The quantitative estimate of drug-likeness (QED) is 0.799. The summed E-state index contributed by atoms with van der Waals surface area (Å²) in [5, 5.41) is 4.15. The summed E-state index contributed by atoms with van der Waals surface area (Å²) in [4.78, 5) is 0. The van der Waals surface area contributed by atoms with Crippen molar-refractivity contribution in [2.24, 2.45) is 0 Å². The molecule has 0 aliphatic carbocycles. The molecular weight excluding hydrogens is 190 g/mol. The van der Waals surface area contributed by atoms with Crippen molar-refractivity contribution in [1.82, 2.24) is 5.32 Å². The molecule has 2 atom stereocenters. The monoisotopic (exact) mass is 207 g/mol. The molecule has 1 nitrogen and oxygen atoms in total. The first-order valence-electron chi connectivity index (χ1n) is 5.24. The van der Waals surface area contributed by atoms with Crippen molar-refractivity contribution in [3.05, 3.63) is 35.4 Å². The third-order valence-electron chi connectivity index (χ3n) is 2.72. The lowest BCUT2D eigenvalue weighted by Gasteiger charge is -2.12. The summed E-state index contributed by atoms with van der Waals surface area (Å²) in [5.74, 6) is 1.25. The fourth-order valence-corrected chi connectivity index (χ4v) is 3.09. The predicted molar refractivity (Wildman–Crippen MR) is 63.6 cm³/mol. The second kappa shape index (κ2) is 4.37. The molecule has 2 unspecified atom stereocenters. The van der Waals surface area contributed by atoms with Gasteiger partial charge in [0.05, 0.1) is 5.37 Å². The molecule has 1 N–H and O–H groups in total. The fraction of sp³-hybridized carbons (Fsp3) is 0.500. The van der Waals surface area contributed by atoms with Crippen LogP contribution in [-0.2, 0) is 0 Å².